The Morgan fingerprint density at radius 3 is 2.90 bits per heavy atom. The minimum absolute atomic E-state index is 0.112. The lowest BCUT2D eigenvalue weighted by Gasteiger charge is -2.20. The van der Waals surface area contributed by atoms with Crippen LogP contribution in [0.1, 0.15) is 31.4 Å². The van der Waals surface area contributed by atoms with Crippen molar-refractivity contribution in [2.45, 2.75) is 32.2 Å². The molecule has 3 N–H and O–H groups in total. The molecule has 0 aliphatic heterocycles. The molecular weight excluding hydrogens is 288 g/mol. The third-order valence-corrected chi connectivity index (χ3v) is 2.93. The van der Waals surface area contributed by atoms with Gasteiger partial charge in [0.2, 0.25) is 0 Å². The third kappa shape index (κ3) is 5.98. The fraction of sp³-hybridized carbons (Fsp3) is 0.615. The monoisotopic (exact) mass is 307 g/mol. The maximum atomic E-state index is 12.0. The second kappa shape index (κ2) is 9.05. The highest BCUT2D eigenvalue weighted by atomic mass is 35.5. The van der Waals surface area contributed by atoms with E-state index in [2.05, 4.69) is 10.3 Å². The Morgan fingerprint density at radius 1 is 1.50 bits per heavy atom. The summed E-state index contributed by atoms with van der Waals surface area (Å²) in [6, 6.07) is 1.63. The van der Waals surface area contributed by atoms with Crippen LogP contribution in [0.5, 0.6) is 0 Å². The highest BCUT2D eigenvalue weighted by Crippen LogP contribution is 2.24. The van der Waals surface area contributed by atoms with Crippen molar-refractivity contribution < 1.29 is 13.5 Å². The number of nitrogens with one attached hydrogen (secondary N) is 1. The van der Waals surface area contributed by atoms with Crippen molar-refractivity contribution >= 4 is 17.4 Å². The lowest BCUT2D eigenvalue weighted by atomic mass is 10.0. The Balaban J connectivity index is 2.65. The smallest absolute Gasteiger partial charge is 0.261 e. The van der Waals surface area contributed by atoms with Crippen LogP contribution in [0.3, 0.4) is 0 Å². The number of aromatic nitrogens is 1. The van der Waals surface area contributed by atoms with Gasteiger partial charge in [0.1, 0.15) is 12.4 Å². The molecule has 4 nitrogen and oxygen atoms in total. The first kappa shape index (κ1) is 17.1. The van der Waals surface area contributed by atoms with Gasteiger partial charge >= 0.3 is 0 Å². The van der Waals surface area contributed by atoms with Crippen LogP contribution in [0.2, 0.25) is 5.02 Å². The Kier molecular flexibility index (Phi) is 7.72. The maximum Gasteiger partial charge on any atom is 0.261 e. The fourth-order valence-corrected chi connectivity index (χ4v) is 1.97. The van der Waals surface area contributed by atoms with Crippen LogP contribution in [0.15, 0.2) is 12.3 Å². The number of pyridine rings is 1. The topological polar surface area (TPSA) is 60.2 Å². The van der Waals surface area contributed by atoms with Gasteiger partial charge in [0.15, 0.2) is 0 Å². The quantitative estimate of drug-likeness (QED) is 0.688. The van der Waals surface area contributed by atoms with Gasteiger partial charge in [-0.05, 0) is 25.5 Å². The molecule has 1 heterocycles. The zero-order valence-electron chi connectivity index (χ0n) is 11.4. The van der Waals surface area contributed by atoms with E-state index in [0.29, 0.717) is 17.3 Å². The first-order chi connectivity index (χ1) is 9.54. The molecule has 0 spiro atoms. The second-order valence-electron chi connectivity index (χ2n) is 4.39. The maximum absolute atomic E-state index is 12.0. The summed E-state index contributed by atoms with van der Waals surface area (Å²) in [6.45, 7) is 2.49. The molecule has 0 fully saturated rings. The minimum atomic E-state index is -2.45. The molecule has 1 atom stereocenters. The molecule has 0 radical (unpaired) electrons. The van der Waals surface area contributed by atoms with Crippen LogP contribution < -0.4 is 11.1 Å². The van der Waals surface area contributed by atoms with Gasteiger partial charge in [0, 0.05) is 24.4 Å². The number of hydrogen-bond donors (Lipinski definition) is 2. The van der Waals surface area contributed by atoms with E-state index in [1.807, 2.05) is 6.92 Å². The summed E-state index contributed by atoms with van der Waals surface area (Å²) in [5.74, 6) is 0.386. The molecule has 20 heavy (non-hydrogen) atoms. The molecule has 1 aromatic heterocycles. The molecule has 0 aromatic carbocycles. The van der Waals surface area contributed by atoms with Crippen LogP contribution in [0.4, 0.5) is 14.6 Å². The van der Waals surface area contributed by atoms with Gasteiger partial charge in [-0.25, -0.2) is 13.8 Å². The zero-order valence-corrected chi connectivity index (χ0v) is 12.2. The molecular formula is C13H20ClF2N3O. The Morgan fingerprint density at radius 2 is 2.25 bits per heavy atom. The minimum Gasteiger partial charge on any atom is -0.383 e. The summed E-state index contributed by atoms with van der Waals surface area (Å²) in [4.78, 5) is 4.01. The van der Waals surface area contributed by atoms with Crippen LogP contribution in [0.25, 0.3) is 0 Å². The molecule has 1 rings (SSSR count). The lowest BCUT2D eigenvalue weighted by Crippen LogP contribution is -2.25. The number of anilines is 1. The number of alkyl halides is 2. The van der Waals surface area contributed by atoms with Crippen molar-refractivity contribution in [3.05, 3.63) is 22.8 Å². The number of rotatable bonds is 9. The molecule has 114 valence electrons. The number of halogens is 3. The van der Waals surface area contributed by atoms with E-state index >= 15 is 0 Å². The molecule has 7 heteroatoms. The predicted molar refractivity (Wildman–Crippen MR) is 76.1 cm³/mol. The summed E-state index contributed by atoms with van der Waals surface area (Å²) in [5.41, 5.74) is 6.61. The molecule has 1 aromatic rings. The highest BCUT2D eigenvalue weighted by molar-refractivity contribution is 6.30. The van der Waals surface area contributed by atoms with Crippen LogP contribution in [-0.2, 0) is 4.74 Å². The van der Waals surface area contributed by atoms with Crippen LogP contribution in [-0.4, -0.2) is 31.2 Å². The molecule has 0 aliphatic rings. The number of ether oxygens (including phenoxy) is 1. The zero-order chi connectivity index (χ0) is 15.0. The van der Waals surface area contributed by atoms with Gasteiger partial charge < -0.3 is 15.8 Å². The van der Waals surface area contributed by atoms with E-state index in [1.165, 1.54) is 6.20 Å². The summed E-state index contributed by atoms with van der Waals surface area (Å²) >= 11 is 5.92. The standard InChI is InChI=1S/C13H20ClF2N3O/c1-2-4-18-11(3-5-20-8-12(15)16)10-6-9(14)7-19-13(10)17/h6-7,11-12,18H,2-5,8H2,1H3,(H2,17,19). The van der Waals surface area contributed by atoms with Crippen molar-refractivity contribution in [2.75, 3.05) is 25.5 Å². The third-order valence-electron chi connectivity index (χ3n) is 2.73. The molecule has 1 unspecified atom stereocenters. The largest absolute Gasteiger partial charge is 0.383 e. The van der Waals surface area contributed by atoms with Gasteiger partial charge in [-0.2, -0.15) is 0 Å². The number of hydrogen-bond acceptors (Lipinski definition) is 4. The van der Waals surface area contributed by atoms with Gasteiger partial charge in [0.25, 0.3) is 6.43 Å². The van der Waals surface area contributed by atoms with Crippen LogP contribution in [0, 0.1) is 0 Å². The summed E-state index contributed by atoms with van der Waals surface area (Å²) in [7, 11) is 0. The van der Waals surface area contributed by atoms with E-state index in [9.17, 15) is 8.78 Å². The average molecular weight is 308 g/mol. The van der Waals surface area contributed by atoms with Gasteiger partial charge in [0.05, 0.1) is 5.02 Å². The van der Waals surface area contributed by atoms with E-state index in [0.717, 1.165) is 18.5 Å². The average Bonchev–Trinajstić information content (AvgIpc) is 2.41. The Hall–Kier alpha value is -0.980. The molecule has 0 saturated carbocycles. The van der Waals surface area contributed by atoms with E-state index < -0.39 is 13.0 Å². The molecule has 0 amide bonds. The first-order valence-corrected chi connectivity index (χ1v) is 6.92. The number of nitrogens with zero attached hydrogens (tertiary/aromatic N) is 1. The van der Waals surface area contributed by atoms with Gasteiger partial charge in [-0.1, -0.05) is 18.5 Å². The Bertz CT molecular complexity index is 407. The summed E-state index contributed by atoms with van der Waals surface area (Å²) in [5, 5.41) is 3.79. The van der Waals surface area contributed by atoms with Crippen molar-refractivity contribution in [2.24, 2.45) is 0 Å². The highest BCUT2D eigenvalue weighted by Gasteiger charge is 2.15. The fourth-order valence-electron chi connectivity index (χ4n) is 1.80. The molecule has 0 saturated heterocycles. The lowest BCUT2D eigenvalue weighted by molar-refractivity contribution is 0.0144. The van der Waals surface area contributed by atoms with E-state index in [-0.39, 0.29) is 12.6 Å². The first-order valence-electron chi connectivity index (χ1n) is 6.54. The molecule has 0 aliphatic carbocycles. The summed E-state index contributed by atoms with van der Waals surface area (Å²) < 4.78 is 28.9. The number of nitrogen functional groups attached to an aromatic ring is 1. The van der Waals surface area contributed by atoms with E-state index in [1.54, 1.807) is 6.07 Å². The van der Waals surface area contributed by atoms with E-state index in [4.69, 9.17) is 22.1 Å². The second-order valence-corrected chi connectivity index (χ2v) is 4.83. The van der Waals surface area contributed by atoms with Crippen molar-refractivity contribution in [1.29, 1.82) is 0 Å². The van der Waals surface area contributed by atoms with Crippen LogP contribution >= 0.6 is 11.6 Å². The van der Waals surface area contributed by atoms with Crippen molar-refractivity contribution in [3.63, 3.8) is 0 Å². The van der Waals surface area contributed by atoms with Crippen molar-refractivity contribution in [3.8, 4) is 0 Å². The van der Waals surface area contributed by atoms with Gasteiger partial charge in [-0.15, -0.1) is 0 Å². The van der Waals surface area contributed by atoms with Crippen molar-refractivity contribution in [1.82, 2.24) is 10.3 Å². The predicted octanol–water partition coefficient (Wildman–Crippen LogP) is 3.03. The van der Waals surface area contributed by atoms with Gasteiger partial charge in [-0.3, -0.25) is 0 Å². The summed E-state index contributed by atoms with van der Waals surface area (Å²) in [6.07, 6.45) is 0.501. The molecule has 0 bridgehead atoms. The SMILES string of the molecule is CCCNC(CCOCC(F)F)c1cc(Cl)cnc1N. The Labute approximate surface area is 122 Å². The number of nitrogens with two attached hydrogens (primary N) is 1. The normalized spacial score (nSPS) is 12.8.